The number of carbonyl (C=O) groups is 1. The second kappa shape index (κ2) is 6.62. The molecule has 0 saturated heterocycles. The highest BCUT2D eigenvalue weighted by molar-refractivity contribution is 6.31. The van der Waals surface area contributed by atoms with Gasteiger partial charge in [0.05, 0.1) is 12.7 Å². The monoisotopic (exact) mass is 326 g/mol. The Bertz CT molecular complexity index is 830. The smallest absolute Gasteiger partial charge is 0.277 e. The van der Waals surface area contributed by atoms with Crippen molar-refractivity contribution in [1.29, 1.82) is 0 Å². The molecule has 23 heavy (non-hydrogen) atoms. The van der Waals surface area contributed by atoms with Crippen molar-refractivity contribution in [2.45, 2.75) is 13.5 Å². The fraction of sp³-hybridized carbons (Fsp3) is 0.118. The Labute approximate surface area is 138 Å². The van der Waals surface area contributed by atoms with Gasteiger partial charge in [-0.25, -0.2) is 4.68 Å². The normalized spacial score (nSPS) is 10.5. The average molecular weight is 327 g/mol. The first-order valence-corrected chi connectivity index (χ1v) is 7.51. The number of anilines is 1. The van der Waals surface area contributed by atoms with E-state index in [0.29, 0.717) is 17.3 Å². The molecule has 0 spiro atoms. The largest absolute Gasteiger partial charge is 0.320 e. The Kier molecular flexibility index (Phi) is 4.39. The summed E-state index contributed by atoms with van der Waals surface area (Å²) >= 11 is 5.96. The van der Waals surface area contributed by atoms with E-state index in [-0.39, 0.29) is 11.6 Å². The maximum atomic E-state index is 12.3. The van der Waals surface area contributed by atoms with Gasteiger partial charge < -0.3 is 5.32 Å². The molecule has 0 saturated carbocycles. The van der Waals surface area contributed by atoms with E-state index in [2.05, 4.69) is 15.6 Å². The Hall–Kier alpha value is -2.66. The molecule has 0 atom stereocenters. The van der Waals surface area contributed by atoms with Gasteiger partial charge in [-0.1, -0.05) is 53.2 Å². The highest BCUT2D eigenvalue weighted by atomic mass is 35.5. The molecule has 0 aliphatic heterocycles. The molecule has 116 valence electrons. The van der Waals surface area contributed by atoms with Gasteiger partial charge >= 0.3 is 0 Å². The van der Waals surface area contributed by atoms with E-state index < -0.39 is 0 Å². The third-order valence-electron chi connectivity index (χ3n) is 3.41. The van der Waals surface area contributed by atoms with E-state index in [0.717, 1.165) is 11.1 Å². The quantitative estimate of drug-likeness (QED) is 0.797. The van der Waals surface area contributed by atoms with Gasteiger partial charge in [-0.15, -0.1) is 5.10 Å². The van der Waals surface area contributed by atoms with Gasteiger partial charge in [0.25, 0.3) is 5.91 Å². The van der Waals surface area contributed by atoms with Crippen LogP contribution in [0.15, 0.2) is 54.7 Å². The van der Waals surface area contributed by atoms with Crippen LogP contribution in [0.5, 0.6) is 0 Å². The SMILES string of the molecule is Cc1ccc(Cl)cc1NC(=O)c1cn(Cc2ccccc2)nn1. The minimum Gasteiger partial charge on any atom is -0.320 e. The topological polar surface area (TPSA) is 59.8 Å². The van der Waals surface area contributed by atoms with Gasteiger partial charge in [-0.3, -0.25) is 4.79 Å². The Morgan fingerprint density at radius 2 is 2.00 bits per heavy atom. The number of aryl methyl sites for hydroxylation is 1. The van der Waals surface area contributed by atoms with Crippen LogP contribution in [0, 0.1) is 6.92 Å². The summed E-state index contributed by atoms with van der Waals surface area (Å²) in [6.45, 7) is 2.47. The van der Waals surface area contributed by atoms with Gasteiger partial charge in [0.2, 0.25) is 0 Å². The zero-order valence-corrected chi connectivity index (χ0v) is 13.3. The molecule has 1 N–H and O–H groups in total. The van der Waals surface area contributed by atoms with Crippen LogP contribution in [-0.4, -0.2) is 20.9 Å². The van der Waals surface area contributed by atoms with E-state index in [4.69, 9.17) is 11.6 Å². The number of nitrogens with zero attached hydrogens (tertiary/aromatic N) is 3. The molecule has 0 fully saturated rings. The molecule has 3 rings (SSSR count). The van der Waals surface area contributed by atoms with Crippen molar-refractivity contribution in [3.05, 3.63) is 76.6 Å². The fourth-order valence-corrected chi connectivity index (χ4v) is 2.34. The summed E-state index contributed by atoms with van der Waals surface area (Å²) in [4.78, 5) is 12.3. The summed E-state index contributed by atoms with van der Waals surface area (Å²) in [6, 6.07) is 15.2. The van der Waals surface area contributed by atoms with Crippen LogP contribution in [0.1, 0.15) is 21.6 Å². The predicted octanol–water partition coefficient (Wildman–Crippen LogP) is 3.54. The average Bonchev–Trinajstić information content (AvgIpc) is 3.00. The van der Waals surface area contributed by atoms with Crippen molar-refractivity contribution in [3.63, 3.8) is 0 Å². The lowest BCUT2D eigenvalue weighted by molar-refractivity contribution is 0.102. The first-order valence-electron chi connectivity index (χ1n) is 7.13. The van der Waals surface area contributed by atoms with E-state index in [9.17, 15) is 4.79 Å². The summed E-state index contributed by atoms with van der Waals surface area (Å²) in [6.07, 6.45) is 1.63. The number of hydrogen-bond acceptors (Lipinski definition) is 3. The molecular weight excluding hydrogens is 312 g/mol. The van der Waals surface area contributed by atoms with Crippen molar-refractivity contribution in [2.24, 2.45) is 0 Å². The Morgan fingerprint density at radius 3 is 2.78 bits per heavy atom. The molecule has 0 bridgehead atoms. The second-order valence-electron chi connectivity index (χ2n) is 5.20. The number of halogens is 1. The maximum Gasteiger partial charge on any atom is 0.277 e. The van der Waals surface area contributed by atoms with Crippen molar-refractivity contribution in [3.8, 4) is 0 Å². The van der Waals surface area contributed by atoms with Gasteiger partial charge in [-0.05, 0) is 30.2 Å². The zero-order chi connectivity index (χ0) is 16.2. The molecule has 5 nitrogen and oxygen atoms in total. The fourth-order valence-electron chi connectivity index (χ4n) is 2.17. The first-order chi connectivity index (χ1) is 11.1. The first kappa shape index (κ1) is 15.2. The lowest BCUT2D eigenvalue weighted by Gasteiger charge is -2.07. The van der Waals surface area contributed by atoms with E-state index in [1.165, 1.54) is 0 Å². The molecule has 1 heterocycles. The molecule has 1 amide bonds. The van der Waals surface area contributed by atoms with Gasteiger partial charge in [0.15, 0.2) is 5.69 Å². The predicted molar refractivity (Wildman–Crippen MR) is 89.7 cm³/mol. The molecule has 3 aromatic rings. The molecular formula is C17H15ClN4O. The molecule has 6 heteroatoms. The van der Waals surface area contributed by atoms with Gasteiger partial charge in [-0.2, -0.15) is 0 Å². The van der Waals surface area contributed by atoms with Gasteiger partial charge in [0.1, 0.15) is 0 Å². The van der Waals surface area contributed by atoms with Crippen LogP contribution in [0.25, 0.3) is 0 Å². The number of amides is 1. The number of rotatable bonds is 4. The highest BCUT2D eigenvalue weighted by Gasteiger charge is 2.12. The van der Waals surface area contributed by atoms with E-state index in [1.807, 2.05) is 43.3 Å². The number of carbonyl (C=O) groups excluding carboxylic acids is 1. The lowest BCUT2D eigenvalue weighted by Crippen LogP contribution is -2.13. The maximum absolute atomic E-state index is 12.3. The summed E-state index contributed by atoms with van der Waals surface area (Å²) in [5.41, 5.74) is 2.95. The third-order valence-corrected chi connectivity index (χ3v) is 3.64. The highest BCUT2D eigenvalue weighted by Crippen LogP contribution is 2.20. The number of benzene rings is 2. The molecule has 2 aromatic carbocycles. The summed E-state index contributed by atoms with van der Waals surface area (Å²) in [5.74, 6) is -0.310. The molecule has 0 aliphatic carbocycles. The van der Waals surface area contributed by atoms with Crippen LogP contribution in [0.2, 0.25) is 5.02 Å². The third kappa shape index (κ3) is 3.76. The van der Waals surface area contributed by atoms with Gasteiger partial charge in [0, 0.05) is 10.7 Å². The van der Waals surface area contributed by atoms with Crippen LogP contribution >= 0.6 is 11.6 Å². The molecule has 1 aromatic heterocycles. The van der Waals surface area contributed by atoms with Crippen molar-refractivity contribution in [1.82, 2.24) is 15.0 Å². The summed E-state index contributed by atoms with van der Waals surface area (Å²) < 4.78 is 1.63. The number of aromatic nitrogens is 3. The summed E-state index contributed by atoms with van der Waals surface area (Å²) in [5, 5.41) is 11.3. The minimum absolute atomic E-state index is 0.264. The van der Waals surface area contributed by atoms with E-state index in [1.54, 1.807) is 23.0 Å². The van der Waals surface area contributed by atoms with Crippen molar-refractivity contribution in [2.75, 3.05) is 5.32 Å². The Morgan fingerprint density at radius 1 is 1.22 bits per heavy atom. The van der Waals surface area contributed by atoms with Crippen LogP contribution in [0.3, 0.4) is 0 Å². The molecule has 0 unspecified atom stereocenters. The Balaban J connectivity index is 1.72. The minimum atomic E-state index is -0.310. The zero-order valence-electron chi connectivity index (χ0n) is 12.5. The van der Waals surface area contributed by atoms with Crippen molar-refractivity contribution < 1.29 is 4.79 Å². The standard InChI is InChI=1S/C17H15ClN4O/c1-12-7-8-14(18)9-15(12)19-17(23)16-11-22(21-20-16)10-13-5-3-2-4-6-13/h2-9,11H,10H2,1H3,(H,19,23). The summed E-state index contributed by atoms with van der Waals surface area (Å²) in [7, 11) is 0. The van der Waals surface area contributed by atoms with Crippen LogP contribution in [0.4, 0.5) is 5.69 Å². The number of hydrogen-bond donors (Lipinski definition) is 1. The lowest BCUT2D eigenvalue weighted by atomic mass is 10.2. The molecule has 0 radical (unpaired) electrons. The van der Waals surface area contributed by atoms with Crippen LogP contribution < -0.4 is 5.32 Å². The van der Waals surface area contributed by atoms with Crippen molar-refractivity contribution >= 4 is 23.2 Å². The second-order valence-corrected chi connectivity index (χ2v) is 5.64. The van der Waals surface area contributed by atoms with Crippen LogP contribution in [-0.2, 0) is 6.54 Å². The molecule has 0 aliphatic rings. The van der Waals surface area contributed by atoms with E-state index >= 15 is 0 Å². The number of nitrogens with one attached hydrogen (secondary N) is 1.